The quantitative estimate of drug-likeness (QED) is 0.826. The van der Waals surface area contributed by atoms with Crippen molar-refractivity contribution in [3.63, 3.8) is 0 Å². The molecule has 3 N–H and O–H groups in total. The van der Waals surface area contributed by atoms with E-state index in [4.69, 9.17) is 10.8 Å². The number of nitrogens with two attached hydrogens (primary N) is 1. The van der Waals surface area contributed by atoms with Gasteiger partial charge in [0.1, 0.15) is 0 Å². The Balaban J connectivity index is 2.12. The zero-order valence-electron chi connectivity index (χ0n) is 11.6. The molecule has 0 saturated carbocycles. The lowest BCUT2D eigenvalue weighted by molar-refractivity contribution is -0.138. The summed E-state index contributed by atoms with van der Waals surface area (Å²) in [7, 11) is 0. The Labute approximate surface area is 118 Å². The topological polar surface area (TPSA) is 83.6 Å². The number of aliphatic carboxylic acids is 1. The highest BCUT2D eigenvalue weighted by molar-refractivity contribution is 5.97. The van der Waals surface area contributed by atoms with Crippen molar-refractivity contribution >= 4 is 17.6 Å². The van der Waals surface area contributed by atoms with E-state index in [2.05, 4.69) is 0 Å². The third kappa shape index (κ3) is 3.10. The Kier molecular flexibility index (Phi) is 4.27. The Morgan fingerprint density at radius 2 is 2.20 bits per heavy atom. The predicted octanol–water partition coefficient (Wildman–Crippen LogP) is 1.90. The molecule has 0 bridgehead atoms. The molecule has 1 aliphatic heterocycles. The molecule has 1 aliphatic rings. The van der Waals surface area contributed by atoms with Crippen LogP contribution in [0.5, 0.6) is 0 Å². The largest absolute Gasteiger partial charge is 0.481 e. The minimum Gasteiger partial charge on any atom is -0.481 e. The summed E-state index contributed by atoms with van der Waals surface area (Å²) in [5.74, 6) is -0.805. The molecule has 0 spiro atoms. The van der Waals surface area contributed by atoms with Gasteiger partial charge in [-0.05, 0) is 43.4 Å². The Morgan fingerprint density at radius 1 is 1.45 bits per heavy atom. The van der Waals surface area contributed by atoms with Crippen LogP contribution in [0.2, 0.25) is 0 Å². The van der Waals surface area contributed by atoms with E-state index in [9.17, 15) is 9.59 Å². The lowest BCUT2D eigenvalue weighted by atomic mass is 9.94. The van der Waals surface area contributed by atoms with E-state index in [1.165, 1.54) is 0 Å². The molecular weight excluding hydrogens is 256 g/mol. The van der Waals surface area contributed by atoms with Gasteiger partial charge >= 0.3 is 5.97 Å². The molecule has 1 heterocycles. The number of anilines is 1. The van der Waals surface area contributed by atoms with Crippen LogP contribution in [0, 0.1) is 12.8 Å². The first-order chi connectivity index (χ1) is 9.49. The van der Waals surface area contributed by atoms with Crippen LogP contribution in [0.4, 0.5) is 5.69 Å². The van der Waals surface area contributed by atoms with Crippen molar-refractivity contribution in [3.05, 3.63) is 29.3 Å². The van der Waals surface area contributed by atoms with E-state index in [0.717, 1.165) is 18.4 Å². The first-order valence-corrected chi connectivity index (χ1v) is 6.85. The van der Waals surface area contributed by atoms with Crippen molar-refractivity contribution in [2.75, 3.05) is 18.8 Å². The second-order valence-electron chi connectivity index (χ2n) is 5.38. The number of hydrogen-bond acceptors (Lipinski definition) is 3. The maximum atomic E-state index is 12.5. The molecule has 5 nitrogen and oxygen atoms in total. The fourth-order valence-corrected chi connectivity index (χ4v) is 2.72. The predicted molar refractivity (Wildman–Crippen MR) is 76.5 cm³/mol. The first-order valence-electron chi connectivity index (χ1n) is 6.85. The summed E-state index contributed by atoms with van der Waals surface area (Å²) >= 11 is 0. The van der Waals surface area contributed by atoms with Crippen LogP contribution < -0.4 is 5.73 Å². The minimum atomic E-state index is -0.801. The van der Waals surface area contributed by atoms with E-state index in [1.54, 1.807) is 23.1 Å². The Bertz CT molecular complexity index is 528. The zero-order valence-corrected chi connectivity index (χ0v) is 11.6. The SMILES string of the molecule is Cc1c(N)cccc1C(=O)N1CCCC(CC(=O)O)C1. The van der Waals surface area contributed by atoms with Crippen LogP contribution in [-0.4, -0.2) is 35.0 Å². The van der Waals surface area contributed by atoms with Crippen molar-refractivity contribution in [1.82, 2.24) is 4.90 Å². The highest BCUT2D eigenvalue weighted by Gasteiger charge is 2.26. The number of carbonyl (C=O) groups is 2. The van der Waals surface area contributed by atoms with Gasteiger partial charge in [0, 0.05) is 30.8 Å². The summed E-state index contributed by atoms with van der Waals surface area (Å²) in [4.78, 5) is 25.1. The minimum absolute atomic E-state index is 0.0477. The number of rotatable bonds is 3. The van der Waals surface area contributed by atoms with Crippen molar-refractivity contribution in [2.24, 2.45) is 5.92 Å². The molecule has 1 aromatic rings. The van der Waals surface area contributed by atoms with E-state index < -0.39 is 5.97 Å². The highest BCUT2D eigenvalue weighted by Crippen LogP contribution is 2.23. The average molecular weight is 276 g/mol. The Morgan fingerprint density at radius 3 is 2.90 bits per heavy atom. The molecule has 0 aromatic heterocycles. The number of carboxylic acids is 1. The number of carboxylic acid groups (broad SMARTS) is 1. The number of nitrogens with zero attached hydrogens (tertiary/aromatic N) is 1. The maximum absolute atomic E-state index is 12.5. The molecule has 1 unspecified atom stereocenters. The number of hydrogen-bond donors (Lipinski definition) is 2. The zero-order chi connectivity index (χ0) is 14.7. The number of amides is 1. The lowest BCUT2D eigenvalue weighted by Gasteiger charge is -2.32. The van der Waals surface area contributed by atoms with E-state index >= 15 is 0 Å². The van der Waals surface area contributed by atoms with Gasteiger partial charge in [-0.15, -0.1) is 0 Å². The maximum Gasteiger partial charge on any atom is 0.303 e. The molecule has 1 atom stereocenters. The summed E-state index contributed by atoms with van der Waals surface area (Å²) in [6.07, 6.45) is 1.84. The lowest BCUT2D eigenvalue weighted by Crippen LogP contribution is -2.40. The number of carbonyl (C=O) groups excluding carboxylic acids is 1. The normalized spacial score (nSPS) is 18.9. The molecule has 1 amide bonds. The summed E-state index contributed by atoms with van der Waals surface area (Å²) < 4.78 is 0. The van der Waals surface area contributed by atoms with Crippen molar-refractivity contribution in [3.8, 4) is 0 Å². The summed E-state index contributed by atoms with van der Waals surface area (Å²) in [6.45, 7) is 3.03. The van der Waals surface area contributed by atoms with Crippen LogP contribution >= 0.6 is 0 Å². The Hall–Kier alpha value is -2.04. The van der Waals surface area contributed by atoms with Gasteiger partial charge in [0.2, 0.25) is 0 Å². The van der Waals surface area contributed by atoms with Gasteiger partial charge in [0.05, 0.1) is 0 Å². The summed E-state index contributed by atoms with van der Waals surface area (Å²) in [5, 5.41) is 8.87. The molecule has 0 radical (unpaired) electrons. The third-order valence-corrected chi connectivity index (χ3v) is 3.88. The molecule has 0 aliphatic carbocycles. The fraction of sp³-hybridized carbons (Fsp3) is 0.467. The van der Waals surface area contributed by atoms with Crippen molar-refractivity contribution < 1.29 is 14.7 Å². The molecule has 2 rings (SSSR count). The van der Waals surface area contributed by atoms with Gasteiger partial charge in [-0.3, -0.25) is 9.59 Å². The fourth-order valence-electron chi connectivity index (χ4n) is 2.72. The van der Waals surface area contributed by atoms with Gasteiger partial charge < -0.3 is 15.7 Å². The third-order valence-electron chi connectivity index (χ3n) is 3.88. The monoisotopic (exact) mass is 276 g/mol. The molecule has 1 aromatic carbocycles. The molecule has 5 heteroatoms. The molecule has 1 fully saturated rings. The van der Waals surface area contributed by atoms with Crippen LogP contribution in [-0.2, 0) is 4.79 Å². The second-order valence-corrected chi connectivity index (χ2v) is 5.38. The van der Waals surface area contributed by atoms with Crippen LogP contribution in [0.3, 0.4) is 0 Å². The molecule has 20 heavy (non-hydrogen) atoms. The van der Waals surface area contributed by atoms with E-state index in [1.807, 2.05) is 6.92 Å². The number of nitrogen functional groups attached to an aromatic ring is 1. The van der Waals surface area contributed by atoms with Crippen LogP contribution in [0.15, 0.2) is 18.2 Å². The summed E-state index contributed by atoms with van der Waals surface area (Å²) in [5.41, 5.74) is 7.84. The van der Waals surface area contributed by atoms with Gasteiger partial charge in [0.25, 0.3) is 5.91 Å². The smallest absolute Gasteiger partial charge is 0.303 e. The second kappa shape index (κ2) is 5.94. The van der Waals surface area contributed by atoms with Gasteiger partial charge in [-0.1, -0.05) is 6.07 Å². The van der Waals surface area contributed by atoms with E-state index in [-0.39, 0.29) is 18.2 Å². The van der Waals surface area contributed by atoms with Crippen molar-refractivity contribution in [1.29, 1.82) is 0 Å². The van der Waals surface area contributed by atoms with Crippen molar-refractivity contribution in [2.45, 2.75) is 26.2 Å². The summed E-state index contributed by atoms with van der Waals surface area (Å²) in [6, 6.07) is 5.32. The number of piperidine rings is 1. The number of likely N-dealkylation sites (tertiary alicyclic amines) is 1. The molecule has 1 saturated heterocycles. The standard InChI is InChI=1S/C15H20N2O3/c1-10-12(5-2-6-13(10)16)15(20)17-7-3-4-11(9-17)8-14(18)19/h2,5-6,11H,3-4,7-9,16H2,1H3,(H,18,19). The van der Waals surface area contributed by atoms with E-state index in [0.29, 0.717) is 24.3 Å². The van der Waals surface area contributed by atoms with Gasteiger partial charge in [-0.2, -0.15) is 0 Å². The van der Waals surface area contributed by atoms with Crippen LogP contribution in [0.1, 0.15) is 35.2 Å². The highest BCUT2D eigenvalue weighted by atomic mass is 16.4. The van der Waals surface area contributed by atoms with Gasteiger partial charge in [0.15, 0.2) is 0 Å². The van der Waals surface area contributed by atoms with Gasteiger partial charge in [-0.25, -0.2) is 0 Å². The number of benzene rings is 1. The first kappa shape index (κ1) is 14.4. The molecule has 108 valence electrons. The average Bonchev–Trinajstić information content (AvgIpc) is 2.41. The van der Waals surface area contributed by atoms with Crippen LogP contribution in [0.25, 0.3) is 0 Å². The molecular formula is C15H20N2O3.